The smallest absolute Gasteiger partial charge is 0.406 e. The molecular formula is C12H14F3NO2. The van der Waals surface area contributed by atoms with E-state index in [2.05, 4.69) is 4.74 Å². The second kappa shape index (κ2) is 5.39. The number of rotatable bonds is 4. The number of hydrogen-bond acceptors (Lipinski definition) is 3. The Morgan fingerprint density at radius 2 is 1.94 bits per heavy atom. The van der Waals surface area contributed by atoms with Crippen LogP contribution in [0.5, 0.6) is 5.75 Å². The van der Waals surface area contributed by atoms with Crippen molar-refractivity contribution in [1.82, 2.24) is 0 Å². The number of carbonyl (C=O) groups is 1. The van der Waals surface area contributed by atoms with Gasteiger partial charge in [-0.2, -0.15) is 0 Å². The molecule has 1 aromatic carbocycles. The number of ketones is 1. The molecule has 0 radical (unpaired) electrons. The van der Waals surface area contributed by atoms with Crippen LogP contribution in [0.15, 0.2) is 24.3 Å². The minimum absolute atomic E-state index is 0.154. The lowest BCUT2D eigenvalue weighted by Crippen LogP contribution is -2.30. The summed E-state index contributed by atoms with van der Waals surface area (Å²) >= 11 is 0. The predicted octanol–water partition coefficient (Wildman–Crippen LogP) is 2.75. The van der Waals surface area contributed by atoms with Crippen LogP contribution >= 0.6 is 0 Å². The SMILES string of the molecule is CC(N)C(C)C(=O)c1cccc(OC(F)(F)F)c1. The molecule has 0 spiro atoms. The molecular weight excluding hydrogens is 247 g/mol. The standard InChI is InChI=1S/C12H14F3NO2/c1-7(8(2)16)11(17)9-4-3-5-10(6-9)18-12(13,14)15/h3-8H,16H2,1-2H3. The third-order valence-corrected chi connectivity index (χ3v) is 2.55. The number of Topliss-reactive ketones (excluding diaryl/α,β-unsaturated/α-hetero) is 1. The fourth-order valence-electron chi connectivity index (χ4n) is 1.35. The van der Waals surface area contributed by atoms with Crippen molar-refractivity contribution in [3.63, 3.8) is 0 Å². The van der Waals surface area contributed by atoms with Gasteiger partial charge in [-0.15, -0.1) is 13.2 Å². The summed E-state index contributed by atoms with van der Waals surface area (Å²) in [6.07, 6.45) is -4.77. The van der Waals surface area contributed by atoms with E-state index in [-0.39, 0.29) is 17.4 Å². The van der Waals surface area contributed by atoms with Crippen molar-refractivity contribution in [1.29, 1.82) is 0 Å². The van der Waals surface area contributed by atoms with E-state index in [1.54, 1.807) is 13.8 Å². The van der Waals surface area contributed by atoms with E-state index in [1.165, 1.54) is 12.1 Å². The Bertz CT molecular complexity index is 430. The quantitative estimate of drug-likeness (QED) is 0.848. The zero-order valence-electron chi connectivity index (χ0n) is 9.99. The third kappa shape index (κ3) is 4.03. The number of hydrogen-bond donors (Lipinski definition) is 1. The second-order valence-corrected chi connectivity index (χ2v) is 4.09. The highest BCUT2D eigenvalue weighted by molar-refractivity contribution is 5.98. The lowest BCUT2D eigenvalue weighted by Gasteiger charge is -2.15. The van der Waals surface area contributed by atoms with Gasteiger partial charge >= 0.3 is 6.36 Å². The van der Waals surface area contributed by atoms with Gasteiger partial charge in [-0.25, -0.2) is 0 Å². The molecule has 100 valence electrons. The molecule has 0 fully saturated rings. The molecule has 0 saturated carbocycles. The third-order valence-electron chi connectivity index (χ3n) is 2.55. The minimum atomic E-state index is -4.77. The van der Waals surface area contributed by atoms with E-state index in [0.29, 0.717) is 0 Å². The summed E-state index contributed by atoms with van der Waals surface area (Å²) in [7, 11) is 0. The lowest BCUT2D eigenvalue weighted by atomic mass is 9.94. The molecule has 2 N–H and O–H groups in total. The van der Waals surface area contributed by atoms with E-state index in [4.69, 9.17) is 5.73 Å². The van der Waals surface area contributed by atoms with Gasteiger partial charge in [-0.1, -0.05) is 19.1 Å². The summed E-state index contributed by atoms with van der Waals surface area (Å²) in [6, 6.07) is 4.60. The van der Waals surface area contributed by atoms with Crippen LogP contribution in [0.2, 0.25) is 0 Å². The molecule has 2 atom stereocenters. The maximum atomic E-state index is 12.0. The van der Waals surface area contributed by atoms with Gasteiger partial charge in [0, 0.05) is 17.5 Å². The van der Waals surface area contributed by atoms with Crippen molar-refractivity contribution in [2.45, 2.75) is 26.3 Å². The predicted molar refractivity (Wildman–Crippen MR) is 60.3 cm³/mol. The van der Waals surface area contributed by atoms with Crippen LogP contribution in [0.3, 0.4) is 0 Å². The lowest BCUT2D eigenvalue weighted by molar-refractivity contribution is -0.274. The molecule has 0 bridgehead atoms. The van der Waals surface area contributed by atoms with Gasteiger partial charge in [0.05, 0.1) is 0 Å². The number of alkyl halides is 3. The molecule has 0 aliphatic rings. The Morgan fingerprint density at radius 1 is 1.33 bits per heavy atom. The average Bonchev–Trinajstić information content (AvgIpc) is 2.25. The summed E-state index contributed by atoms with van der Waals surface area (Å²) in [4.78, 5) is 11.9. The van der Waals surface area contributed by atoms with Crippen molar-refractivity contribution in [3.8, 4) is 5.75 Å². The van der Waals surface area contributed by atoms with Crippen LogP contribution in [0.25, 0.3) is 0 Å². The molecule has 0 aromatic heterocycles. The number of carbonyl (C=O) groups excluding carboxylic acids is 1. The molecule has 0 aliphatic carbocycles. The van der Waals surface area contributed by atoms with E-state index < -0.39 is 18.0 Å². The van der Waals surface area contributed by atoms with E-state index >= 15 is 0 Å². The summed E-state index contributed by atoms with van der Waals surface area (Å²) in [5.41, 5.74) is 5.74. The fourth-order valence-corrected chi connectivity index (χ4v) is 1.35. The van der Waals surface area contributed by atoms with Crippen molar-refractivity contribution >= 4 is 5.78 Å². The van der Waals surface area contributed by atoms with Crippen LogP contribution < -0.4 is 10.5 Å². The zero-order chi connectivity index (χ0) is 13.9. The summed E-state index contributed by atoms with van der Waals surface area (Å²) in [5, 5.41) is 0. The van der Waals surface area contributed by atoms with Crippen molar-refractivity contribution in [2.75, 3.05) is 0 Å². The van der Waals surface area contributed by atoms with E-state index in [9.17, 15) is 18.0 Å². The Morgan fingerprint density at radius 3 is 2.44 bits per heavy atom. The van der Waals surface area contributed by atoms with E-state index in [0.717, 1.165) is 12.1 Å². The maximum Gasteiger partial charge on any atom is 0.573 e. The summed E-state index contributed by atoms with van der Waals surface area (Å²) in [5.74, 6) is -1.19. The number of nitrogens with two attached hydrogens (primary N) is 1. The fraction of sp³-hybridized carbons (Fsp3) is 0.417. The first kappa shape index (κ1) is 14.5. The Labute approximate surface area is 103 Å². The molecule has 2 unspecified atom stereocenters. The highest BCUT2D eigenvalue weighted by Crippen LogP contribution is 2.24. The van der Waals surface area contributed by atoms with Crippen LogP contribution in [0.1, 0.15) is 24.2 Å². The monoisotopic (exact) mass is 261 g/mol. The van der Waals surface area contributed by atoms with Gasteiger partial charge < -0.3 is 10.5 Å². The molecule has 1 rings (SSSR count). The highest BCUT2D eigenvalue weighted by Gasteiger charge is 2.31. The summed E-state index contributed by atoms with van der Waals surface area (Å²) < 4.78 is 39.9. The second-order valence-electron chi connectivity index (χ2n) is 4.09. The van der Waals surface area contributed by atoms with Crippen LogP contribution in [-0.4, -0.2) is 18.2 Å². The van der Waals surface area contributed by atoms with Gasteiger partial charge in [0.15, 0.2) is 5.78 Å². The average molecular weight is 261 g/mol. The molecule has 3 nitrogen and oxygen atoms in total. The van der Waals surface area contributed by atoms with Gasteiger partial charge in [0.2, 0.25) is 0 Å². The van der Waals surface area contributed by atoms with Crippen LogP contribution in [0, 0.1) is 5.92 Å². The van der Waals surface area contributed by atoms with Gasteiger partial charge in [0.1, 0.15) is 5.75 Å². The number of ether oxygens (including phenoxy) is 1. The molecule has 1 aromatic rings. The summed E-state index contributed by atoms with van der Waals surface area (Å²) in [6.45, 7) is 3.29. The first-order valence-corrected chi connectivity index (χ1v) is 5.36. The highest BCUT2D eigenvalue weighted by atomic mass is 19.4. The van der Waals surface area contributed by atoms with Crippen molar-refractivity contribution < 1.29 is 22.7 Å². The minimum Gasteiger partial charge on any atom is -0.406 e. The molecule has 6 heteroatoms. The largest absolute Gasteiger partial charge is 0.573 e. The maximum absolute atomic E-state index is 12.0. The van der Waals surface area contributed by atoms with E-state index in [1.807, 2.05) is 0 Å². The normalized spacial score (nSPS) is 15.0. The molecule has 0 amide bonds. The van der Waals surface area contributed by atoms with Crippen LogP contribution in [0.4, 0.5) is 13.2 Å². The van der Waals surface area contributed by atoms with Gasteiger partial charge in [0.25, 0.3) is 0 Å². The van der Waals surface area contributed by atoms with Crippen molar-refractivity contribution in [2.24, 2.45) is 11.7 Å². The Kier molecular flexibility index (Phi) is 4.34. The van der Waals surface area contributed by atoms with Gasteiger partial charge in [-0.05, 0) is 19.1 Å². The van der Waals surface area contributed by atoms with Crippen LogP contribution in [-0.2, 0) is 0 Å². The number of halogens is 3. The Balaban J connectivity index is 2.92. The Hall–Kier alpha value is -1.56. The first-order chi connectivity index (χ1) is 8.20. The number of benzene rings is 1. The topological polar surface area (TPSA) is 52.3 Å². The molecule has 0 aliphatic heterocycles. The molecule has 0 saturated heterocycles. The molecule has 18 heavy (non-hydrogen) atoms. The zero-order valence-corrected chi connectivity index (χ0v) is 9.99. The molecule has 0 heterocycles. The van der Waals surface area contributed by atoms with Crippen molar-refractivity contribution in [3.05, 3.63) is 29.8 Å². The first-order valence-electron chi connectivity index (χ1n) is 5.36. The van der Waals surface area contributed by atoms with Gasteiger partial charge in [-0.3, -0.25) is 4.79 Å².